The molecule has 9 heteroatoms. The molecule has 128 valence electrons. The lowest BCUT2D eigenvalue weighted by Gasteiger charge is -2.28. The normalized spacial score (nSPS) is 17.0. The second kappa shape index (κ2) is 6.99. The summed E-state index contributed by atoms with van der Waals surface area (Å²) in [6, 6.07) is 2.51. The summed E-state index contributed by atoms with van der Waals surface area (Å²) in [5, 5.41) is 16.1. The molecule has 9 nitrogen and oxygen atoms in total. The van der Waals surface area contributed by atoms with E-state index in [1.54, 1.807) is 13.8 Å². The van der Waals surface area contributed by atoms with Crippen LogP contribution in [-0.4, -0.2) is 30.6 Å². The van der Waals surface area contributed by atoms with Crippen molar-refractivity contribution in [1.29, 1.82) is 0 Å². The number of carbonyl (C=O) groups is 2. The van der Waals surface area contributed by atoms with Crippen LogP contribution in [-0.2, 0) is 9.53 Å². The molecule has 1 aromatic carbocycles. The minimum absolute atomic E-state index is 0.155. The maximum Gasteiger partial charge on any atom is 0.338 e. The van der Waals surface area contributed by atoms with E-state index < -0.39 is 23.0 Å². The van der Waals surface area contributed by atoms with Crippen molar-refractivity contribution in [1.82, 2.24) is 10.6 Å². The number of non-ortho nitro benzene ring substituents is 1. The third-order valence-corrected chi connectivity index (χ3v) is 3.50. The van der Waals surface area contributed by atoms with E-state index in [0.29, 0.717) is 17.0 Å². The average Bonchev–Trinajstić information content (AvgIpc) is 2.53. The van der Waals surface area contributed by atoms with Crippen LogP contribution in [0.1, 0.15) is 25.5 Å². The Bertz CT molecular complexity index is 728. The Balaban J connectivity index is 2.60. The summed E-state index contributed by atoms with van der Waals surface area (Å²) in [5.74, 6) is -0.316. The highest BCUT2D eigenvalue weighted by Gasteiger charge is 2.34. The summed E-state index contributed by atoms with van der Waals surface area (Å²) >= 11 is 0. The lowest BCUT2D eigenvalue weighted by molar-refractivity contribution is -0.385. The van der Waals surface area contributed by atoms with Gasteiger partial charge in [-0.05, 0) is 19.9 Å². The van der Waals surface area contributed by atoms with Gasteiger partial charge in [-0.25, -0.2) is 9.59 Å². The first-order chi connectivity index (χ1) is 11.4. The van der Waals surface area contributed by atoms with E-state index in [2.05, 4.69) is 10.6 Å². The Morgan fingerprint density at radius 1 is 1.42 bits per heavy atom. The summed E-state index contributed by atoms with van der Waals surface area (Å²) in [5.41, 5.74) is 0.592. The predicted molar refractivity (Wildman–Crippen MR) is 83.4 cm³/mol. The van der Waals surface area contributed by atoms with Crippen LogP contribution in [0.3, 0.4) is 0 Å². The van der Waals surface area contributed by atoms with E-state index in [1.165, 1.54) is 25.3 Å². The molecule has 1 aliphatic rings. The van der Waals surface area contributed by atoms with Crippen LogP contribution < -0.4 is 15.4 Å². The number of hydrogen-bond acceptors (Lipinski definition) is 6. The highest BCUT2D eigenvalue weighted by molar-refractivity contribution is 5.95. The first-order valence-corrected chi connectivity index (χ1v) is 7.16. The number of nitro benzene ring substituents is 1. The van der Waals surface area contributed by atoms with Crippen molar-refractivity contribution in [3.63, 3.8) is 0 Å². The van der Waals surface area contributed by atoms with Crippen molar-refractivity contribution in [3.8, 4) is 5.75 Å². The van der Waals surface area contributed by atoms with Gasteiger partial charge in [0.05, 0.1) is 30.3 Å². The van der Waals surface area contributed by atoms with E-state index in [4.69, 9.17) is 9.47 Å². The number of nitro groups is 1. The van der Waals surface area contributed by atoms with Crippen LogP contribution in [0.4, 0.5) is 10.5 Å². The number of rotatable bonds is 5. The number of esters is 1. The van der Waals surface area contributed by atoms with E-state index >= 15 is 0 Å². The van der Waals surface area contributed by atoms with Gasteiger partial charge in [0, 0.05) is 23.4 Å². The molecule has 1 unspecified atom stereocenters. The molecule has 2 rings (SSSR count). The fourth-order valence-corrected chi connectivity index (χ4v) is 2.47. The molecule has 1 aromatic rings. The Hall–Kier alpha value is -3.10. The minimum atomic E-state index is -0.923. The van der Waals surface area contributed by atoms with Gasteiger partial charge >= 0.3 is 12.0 Å². The van der Waals surface area contributed by atoms with Crippen molar-refractivity contribution in [3.05, 3.63) is 45.1 Å². The lowest BCUT2D eigenvalue weighted by atomic mass is 9.94. The number of amides is 2. The topological polar surface area (TPSA) is 120 Å². The van der Waals surface area contributed by atoms with Crippen LogP contribution in [0, 0.1) is 10.1 Å². The summed E-state index contributed by atoms with van der Waals surface area (Å²) in [6.07, 6.45) is 0. The van der Waals surface area contributed by atoms with Gasteiger partial charge < -0.3 is 20.1 Å². The average molecular weight is 335 g/mol. The number of methoxy groups -OCH3 is 1. The number of nitrogens with one attached hydrogen (secondary N) is 2. The van der Waals surface area contributed by atoms with Gasteiger partial charge in [-0.3, -0.25) is 10.1 Å². The van der Waals surface area contributed by atoms with Gasteiger partial charge in [-0.15, -0.1) is 0 Å². The van der Waals surface area contributed by atoms with Gasteiger partial charge in [0.2, 0.25) is 0 Å². The van der Waals surface area contributed by atoms with Crippen LogP contribution in [0.25, 0.3) is 0 Å². The third-order valence-electron chi connectivity index (χ3n) is 3.50. The van der Waals surface area contributed by atoms with Gasteiger partial charge in [-0.1, -0.05) is 0 Å². The third kappa shape index (κ3) is 3.29. The molecule has 0 radical (unpaired) electrons. The zero-order valence-corrected chi connectivity index (χ0v) is 13.4. The van der Waals surface area contributed by atoms with Gasteiger partial charge in [0.15, 0.2) is 0 Å². The van der Waals surface area contributed by atoms with E-state index in [1.807, 2.05) is 0 Å². The maximum absolute atomic E-state index is 12.3. The van der Waals surface area contributed by atoms with Crippen LogP contribution in [0.5, 0.6) is 5.75 Å². The number of allylic oxidation sites excluding steroid dienone is 1. The van der Waals surface area contributed by atoms with Crippen molar-refractivity contribution in [2.24, 2.45) is 0 Å². The molecule has 1 heterocycles. The smallest absolute Gasteiger partial charge is 0.338 e. The van der Waals surface area contributed by atoms with Gasteiger partial charge in [-0.2, -0.15) is 0 Å². The SMILES string of the molecule is CCOC(=O)C1=C(C)NC(=O)NC1c1cc([N+](=O)[O-])ccc1OC. The molecule has 0 bridgehead atoms. The lowest BCUT2D eigenvalue weighted by Crippen LogP contribution is -2.45. The number of ether oxygens (including phenoxy) is 2. The summed E-state index contributed by atoms with van der Waals surface area (Å²) in [6.45, 7) is 3.37. The fourth-order valence-electron chi connectivity index (χ4n) is 2.47. The van der Waals surface area contributed by atoms with Crippen molar-refractivity contribution < 1.29 is 24.0 Å². The second-order valence-corrected chi connectivity index (χ2v) is 4.97. The minimum Gasteiger partial charge on any atom is -0.496 e. The first-order valence-electron chi connectivity index (χ1n) is 7.16. The van der Waals surface area contributed by atoms with Crippen LogP contribution in [0.15, 0.2) is 29.5 Å². The van der Waals surface area contributed by atoms with Crippen molar-refractivity contribution in [2.45, 2.75) is 19.9 Å². The number of carbonyl (C=O) groups excluding carboxylic acids is 2. The Kier molecular flexibility index (Phi) is 5.02. The molecular formula is C15H17N3O6. The molecule has 1 aliphatic heterocycles. The molecule has 24 heavy (non-hydrogen) atoms. The van der Waals surface area contributed by atoms with Crippen LogP contribution in [0.2, 0.25) is 0 Å². The predicted octanol–water partition coefficient (Wildman–Crippen LogP) is 1.79. The zero-order chi connectivity index (χ0) is 17.9. The summed E-state index contributed by atoms with van der Waals surface area (Å²) in [7, 11) is 1.40. The Morgan fingerprint density at radius 2 is 2.12 bits per heavy atom. The summed E-state index contributed by atoms with van der Waals surface area (Å²) < 4.78 is 10.2. The Labute approximate surface area is 137 Å². The summed E-state index contributed by atoms with van der Waals surface area (Å²) in [4.78, 5) is 34.6. The fraction of sp³-hybridized carbons (Fsp3) is 0.333. The van der Waals surface area contributed by atoms with Crippen LogP contribution >= 0.6 is 0 Å². The first kappa shape index (κ1) is 17.3. The molecule has 0 aromatic heterocycles. The van der Waals surface area contributed by atoms with E-state index in [0.717, 1.165) is 0 Å². The standard InChI is InChI=1S/C15H17N3O6/c1-4-24-14(19)12-8(2)16-15(20)17-13(12)10-7-9(18(21)22)5-6-11(10)23-3/h5-7,13H,4H2,1-3H3,(H2,16,17,20). The quantitative estimate of drug-likeness (QED) is 0.481. The van der Waals surface area contributed by atoms with Crippen molar-refractivity contribution >= 4 is 17.7 Å². The molecule has 0 aliphatic carbocycles. The largest absolute Gasteiger partial charge is 0.496 e. The number of hydrogen-bond donors (Lipinski definition) is 2. The van der Waals surface area contributed by atoms with Gasteiger partial charge in [0.25, 0.3) is 5.69 Å². The van der Waals surface area contributed by atoms with Crippen molar-refractivity contribution in [2.75, 3.05) is 13.7 Å². The number of urea groups is 1. The second-order valence-electron chi connectivity index (χ2n) is 4.97. The highest BCUT2D eigenvalue weighted by Crippen LogP contribution is 2.35. The molecule has 1 atom stereocenters. The Morgan fingerprint density at radius 3 is 2.71 bits per heavy atom. The molecule has 2 amide bonds. The maximum atomic E-state index is 12.3. The zero-order valence-electron chi connectivity index (χ0n) is 13.4. The molecule has 0 saturated carbocycles. The van der Waals surface area contributed by atoms with E-state index in [9.17, 15) is 19.7 Å². The number of benzene rings is 1. The van der Waals surface area contributed by atoms with E-state index in [-0.39, 0.29) is 17.9 Å². The monoisotopic (exact) mass is 335 g/mol. The molecule has 0 spiro atoms. The molecule has 2 N–H and O–H groups in total. The molecular weight excluding hydrogens is 318 g/mol. The van der Waals surface area contributed by atoms with Gasteiger partial charge in [0.1, 0.15) is 5.75 Å². The molecule has 0 saturated heterocycles. The highest BCUT2D eigenvalue weighted by atomic mass is 16.6. The molecule has 0 fully saturated rings. The number of nitrogens with zero attached hydrogens (tertiary/aromatic N) is 1.